The van der Waals surface area contributed by atoms with Crippen LogP contribution in [0.15, 0.2) is 35.7 Å². The molecule has 0 aliphatic heterocycles. The van der Waals surface area contributed by atoms with Gasteiger partial charge in [-0.25, -0.2) is 4.39 Å². The maximum atomic E-state index is 13.5. The second-order valence-electron chi connectivity index (χ2n) is 4.44. The highest BCUT2D eigenvalue weighted by Gasteiger charge is 2.34. The molecule has 1 atom stereocenters. The first kappa shape index (κ1) is 14.5. The van der Waals surface area contributed by atoms with Gasteiger partial charge in [0.1, 0.15) is 11.9 Å². The Bertz CT molecular complexity index is 759. The molecule has 2 heterocycles. The number of alkyl halides is 3. The Morgan fingerprint density at radius 1 is 1.05 bits per heavy atom. The lowest BCUT2D eigenvalue weighted by molar-refractivity contribution is -0.140. The summed E-state index contributed by atoms with van der Waals surface area (Å²) in [5, 5.41) is 12.1. The Kier molecular flexibility index (Phi) is 3.51. The van der Waals surface area contributed by atoms with Gasteiger partial charge in [-0.2, -0.15) is 13.2 Å². The van der Waals surface area contributed by atoms with Gasteiger partial charge in [0.15, 0.2) is 0 Å². The van der Waals surface area contributed by atoms with E-state index in [0.29, 0.717) is 10.9 Å². The van der Waals surface area contributed by atoms with Crippen molar-refractivity contribution in [3.63, 3.8) is 0 Å². The predicted octanol–water partition coefficient (Wildman–Crippen LogP) is 5.20. The van der Waals surface area contributed by atoms with E-state index in [-0.39, 0.29) is 5.56 Å². The van der Waals surface area contributed by atoms with Gasteiger partial charge in [-0.3, -0.25) is 0 Å². The highest BCUT2D eigenvalue weighted by atomic mass is 32.1. The normalized spacial score (nSPS) is 13.8. The number of thiophene rings is 2. The van der Waals surface area contributed by atoms with Crippen LogP contribution in [0.5, 0.6) is 0 Å². The van der Waals surface area contributed by atoms with Crippen molar-refractivity contribution >= 4 is 32.1 Å². The van der Waals surface area contributed by atoms with E-state index in [1.807, 2.05) is 11.4 Å². The number of aliphatic hydroxyl groups is 1. The minimum atomic E-state index is -4.74. The molecule has 0 amide bonds. The minimum absolute atomic E-state index is 0.106. The molecule has 0 aliphatic rings. The molecule has 1 N–H and O–H groups in total. The molecule has 2 aromatic heterocycles. The van der Waals surface area contributed by atoms with Crippen LogP contribution >= 0.6 is 22.7 Å². The molecule has 110 valence electrons. The van der Waals surface area contributed by atoms with Gasteiger partial charge in [0.25, 0.3) is 0 Å². The van der Waals surface area contributed by atoms with Crippen LogP contribution < -0.4 is 0 Å². The van der Waals surface area contributed by atoms with E-state index in [4.69, 9.17) is 0 Å². The van der Waals surface area contributed by atoms with Crippen LogP contribution in [0, 0.1) is 5.82 Å². The topological polar surface area (TPSA) is 20.2 Å². The van der Waals surface area contributed by atoms with E-state index in [9.17, 15) is 22.7 Å². The minimum Gasteiger partial charge on any atom is -0.383 e. The van der Waals surface area contributed by atoms with Crippen molar-refractivity contribution in [3.05, 3.63) is 57.5 Å². The van der Waals surface area contributed by atoms with Crippen molar-refractivity contribution in [3.8, 4) is 0 Å². The van der Waals surface area contributed by atoms with Crippen molar-refractivity contribution < 1.29 is 22.7 Å². The quantitative estimate of drug-likeness (QED) is 0.639. The van der Waals surface area contributed by atoms with Gasteiger partial charge in [0.05, 0.1) is 5.56 Å². The van der Waals surface area contributed by atoms with Crippen molar-refractivity contribution in [2.45, 2.75) is 12.3 Å². The first-order valence-corrected chi connectivity index (χ1v) is 7.57. The van der Waals surface area contributed by atoms with Gasteiger partial charge in [0.2, 0.25) is 0 Å². The Balaban J connectivity index is 1.96. The van der Waals surface area contributed by atoms with Crippen molar-refractivity contribution in [1.29, 1.82) is 0 Å². The highest BCUT2D eigenvalue weighted by Crippen LogP contribution is 2.37. The van der Waals surface area contributed by atoms with Crippen LogP contribution in [0.1, 0.15) is 22.1 Å². The van der Waals surface area contributed by atoms with Gasteiger partial charge >= 0.3 is 6.18 Å². The third kappa shape index (κ3) is 2.68. The smallest absolute Gasteiger partial charge is 0.383 e. The maximum absolute atomic E-state index is 13.5. The van der Waals surface area contributed by atoms with E-state index in [1.54, 1.807) is 6.07 Å². The molecule has 0 aliphatic carbocycles. The zero-order valence-corrected chi connectivity index (χ0v) is 12.0. The fourth-order valence-electron chi connectivity index (χ4n) is 2.01. The average Bonchev–Trinajstić information content (AvgIpc) is 2.96. The third-order valence-corrected chi connectivity index (χ3v) is 5.19. The zero-order valence-electron chi connectivity index (χ0n) is 10.3. The second-order valence-corrected chi connectivity index (χ2v) is 6.50. The summed E-state index contributed by atoms with van der Waals surface area (Å²) in [4.78, 5) is 0.580. The first-order chi connectivity index (χ1) is 9.86. The SMILES string of the molecule is OC(c1ccc(C(F)(F)F)c(F)c1)c1cc2sccc2s1. The van der Waals surface area contributed by atoms with Crippen LogP contribution in [0.3, 0.4) is 0 Å². The summed E-state index contributed by atoms with van der Waals surface area (Å²) in [7, 11) is 0. The molecule has 3 aromatic rings. The summed E-state index contributed by atoms with van der Waals surface area (Å²) >= 11 is 2.84. The van der Waals surface area contributed by atoms with E-state index in [1.165, 1.54) is 22.7 Å². The van der Waals surface area contributed by atoms with E-state index >= 15 is 0 Å². The fourth-order valence-corrected chi connectivity index (χ4v) is 4.15. The molecule has 0 fully saturated rings. The molecule has 3 rings (SSSR count). The number of benzene rings is 1. The third-order valence-electron chi connectivity index (χ3n) is 3.04. The maximum Gasteiger partial charge on any atom is 0.419 e. The van der Waals surface area contributed by atoms with E-state index in [0.717, 1.165) is 21.5 Å². The fraction of sp³-hybridized carbons (Fsp3) is 0.143. The van der Waals surface area contributed by atoms with E-state index < -0.39 is 23.7 Å². The van der Waals surface area contributed by atoms with Gasteiger partial charge in [-0.05, 0) is 35.2 Å². The van der Waals surface area contributed by atoms with Gasteiger partial charge in [0, 0.05) is 14.3 Å². The Morgan fingerprint density at radius 2 is 1.81 bits per heavy atom. The van der Waals surface area contributed by atoms with E-state index in [2.05, 4.69) is 0 Å². The van der Waals surface area contributed by atoms with Crippen molar-refractivity contribution in [1.82, 2.24) is 0 Å². The molecule has 1 aromatic carbocycles. The highest BCUT2D eigenvalue weighted by molar-refractivity contribution is 7.26. The molecule has 0 radical (unpaired) electrons. The second kappa shape index (κ2) is 5.08. The average molecular weight is 332 g/mol. The summed E-state index contributed by atoms with van der Waals surface area (Å²) in [6, 6.07) is 6.16. The summed E-state index contributed by atoms with van der Waals surface area (Å²) in [5.74, 6) is -1.38. The molecular weight excluding hydrogens is 324 g/mol. The number of rotatable bonds is 2. The van der Waals surface area contributed by atoms with Crippen LogP contribution in [0.2, 0.25) is 0 Å². The number of aliphatic hydroxyl groups excluding tert-OH is 1. The molecule has 1 unspecified atom stereocenters. The van der Waals surface area contributed by atoms with Crippen molar-refractivity contribution in [2.75, 3.05) is 0 Å². The summed E-state index contributed by atoms with van der Waals surface area (Å²) in [6.07, 6.45) is -5.87. The molecular formula is C14H8F4OS2. The Labute approximate surface area is 125 Å². The largest absolute Gasteiger partial charge is 0.419 e. The number of hydrogen-bond acceptors (Lipinski definition) is 3. The zero-order chi connectivity index (χ0) is 15.2. The lowest BCUT2D eigenvalue weighted by Crippen LogP contribution is -2.09. The molecule has 21 heavy (non-hydrogen) atoms. The summed E-state index contributed by atoms with van der Waals surface area (Å²) < 4.78 is 53.0. The molecule has 0 saturated carbocycles. The lowest BCUT2D eigenvalue weighted by Gasteiger charge is -2.12. The first-order valence-electron chi connectivity index (χ1n) is 5.88. The molecule has 1 nitrogen and oxygen atoms in total. The standard InChI is InChI=1S/C14H8F4OS2/c15-9-5-7(1-2-8(9)14(16,17)18)13(19)12-6-11-10(21-12)3-4-20-11/h1-6,13,19H. The number of fused-ring (bicyclic) bond motifs is 1. The van der Waals surface area contributed by atoms with Gasteiger partial charge in [-0.1, -0.05) is 6.07 Å². The Morgan fingerprint density at radius 3 is 2.43 bits per heavy atom. The van der Waals surface area contributed by atoms with Gasteiger partial charge < -0.3 is 5.11 Å². The molecule has 0 saturated heterocycles. The Hall–Kier alpha value is -1.44. The van der Waals surface area contributed by atoms with Gasteiger partial charge in [-0.15, -0.1) is 22.7 Å². The van der Waals surface area contributed by atoms with Crippen LogP contribution in [0.25, 0.3) is 9.40 Å². The molecule has 0 bridgehead atoms. The van der Waals surface area contributed by atoms with Crippen LogP contribution in [-0.2, 0) is 6.18 Å². The summed E-state index contributed by atoms with van der Waals surface area (Å²) in [6.45, 7) is 0. The number of hydrogen-bond donors (Lipinski definition) is 1. The molecule has 0 spiro atoms. The monoisotopic (exact) mass is 332 g/mol. The number of halogens is 4. The van der Waals surface area contributed by atoms with Crippen LogP contribution in [0.4, 0.5) is 17.6 Å². The summed E-state index contributed by atoms with van der Waals surface area (Å²) in [5.41, 5.74) is -1.22. The lowest BCUT2D eigenvalue weighted by atomic mass is 10.0. The van der Waals surface area contributed by atoms with Crippen LogP contribution in [-0.4, -0.2) is 5.11 Å². The van der Waals surface area contributed by atoms with Crippen molar-refractivity contribution in [2.24, 2.45) is 0 Å². The predicted molar refractivity (Wildman–Crippen MR) is 75.2 cm³/mol. The molecule has 7 heteroatoms.